The standard InChI is InChI=1S/C28H28N6O4/c1-4-38-27(35)12-14-34(25-7-5-6-13-30-25)28(36)20-9-11-23-22(16-20)32-26(33(23)2)18-31-21-10-8-19(17-29)15-24(21)37-3/h5-11,13,15-16,31H,4,12,14,18H2,1-3H3. The van der Waals surface area contributed by atoms with E-state index in [0.29, 0.717) is 34.8 Å². The number of pyridine rings is 1. The Kier molecular flexibility index (Phi) is 8.18. The van der Waals surface area contributed by atoms with Gasteiger partial charge in [0.05, 0.1) is 55.0 Å². The maximum Gasteiger partial charge on any atom is 0.307 e. The van der Waals surface area contributed by atoms with E-state index in [1.807, 2.05) is 17.7 Å². The molecule has 0 atom stereocenters. The van der Waals surface area contributed by atoms with E-state index in [4.69, 9.17) is 19.7 Å². The van der Waals surface area contributed by atoms with Crippen molar-refractivity contribution in [1.82, 2.24) is 14.5 Å². The average Bonchev–Trinajstić information content (AvgIpc) is 3.26. The van der Waals surface area contributed by atoms with Gasteiger partial charge in [0.25, 0.3) is 5.91 Å². The van der Waals surface area contributed by atoms with Crippen molar-refractivity contribution in [3.8, 4) is 11.8 Å². The predicted molar refractivity (Wildman–Crippen MR) is 143 cm³/mol. The molecule has 10 heteroatoms. The average molecular weight is 513 g/mol. The molecule has 1 N–H and O–H groups in total. The maximum absolute atomic E-state index is 13.5. The van der Waals surface area contributed by atoms with Gasteiger partial charge in [0.2, 0.25) is 0 Å². The molecule has 194 valence electrons. The topological polar surface area (TPSA) is 122 Å². The minimum atomic E-state index is -0.377. The molecule has 0 aliphatic carbocycles. The molecule has 38 heavy (non-hydrogen) atoms. The number of benzene rings is 2. The van der Waals surface area contributed by atoms with Crippen molar-refractivity contribution in [2.75, 3.05) is 30.5 Å². The zero-order chi connectivity index (χ0) is 27.1. The number of carbonyl (C=O) groups excluding carboxylic acids is 2. The number of aromatic nitrogens is 3. The predicted octanol–water partition coefficient (Wildman–Crippen LogP) is 4.06. The second kappa shape index (κ2) is 11.9. The summed E-state index contributed by atoms with van der Waals surface area (Å²) < 4.78 is 12.4. The molecule has 1 amide bonds. The molecule has 2 heterocycles. The lowest BCUT2D eigenvalue weighted by molar-refractivity contribution is -0.142. The van der Waals surface area contributed by atoms with E-state index in [1.54, 1.807) is 68.8 Å². The van der Waals surface area contributed by atoms with Crippen LogP contribution in [0.1, 0.15) is 35.1 Å². The molecule has 4 rings (SSSR count). The third kappa shape index (κ3) is 5.73. The van der Waals surface area contributed by atoms with E-state index >= 15 is 0 Å². The molecule has 10 nitrogen and oxygen atoms in total. The second-order valence-electron chi connectivity index (χ2n) is 8.37. The van der Waals surface area contributed by atoms with Crippen LogP contribution in [0.3, 0.4) is 0 Å². The van der Waals surface area contributed by atoms with Crippen molar-refractivity contribution in [1.29, 1.82) is 5.26 Å². The third-order valence-corrected chi connectivity index (χ3v) is 6.00. The fourth-order valence-electron chi connectivity index (χ4n) is 4.05. The minimum absolute atomic E-state index is 0.0522. The zero-order valence-corrected chi connectivity index (χ0v) is 21.5. The number of hydrogen-bond acceptors (Lipinski definition) is 8. The van der Waals surface area contributed by atoms with Gasteiger partial charge < -0.3 is 19.4 Å². The summed E-state index contributed by atoms with van der Waals surface area (Å²) in [6, 6.07) is 17.9. The largest absolute Gasteiger partial charge is 0.495 e. The zero-order valence-electron chi connectivity index (χ0n) is 21.5. The third-order valence-electron chi connectivity index (χ3n) is 6.00. The summed E-state index contributed by atoms with van der Waals surface area (Å²) in [7, 11) is 3.46. The summed E-state index contributed by atoms with van der Waals surface area (Å²) in [4.78, 5) is 36.0. The van der Waals surface area contributed by atoms with Crippen LogP contribution >= 0.6 is 0 Å². The molecule has 0 unspecified atom stereocenters. The number of rotatable bonds is 10. The lowest BCUT2D eigenvalue weighted by Crippen LogP contribution is -2.34. The molecule has 0 radical (unpaired) electrons. The van der Waals surface area contributed by atoms with Crippen LogP contribution in [0.5, 0.6) is 5.75 Å². The molecule has 0 spiro atoms. The number of esters is 1. The molecule has 0 aliphatic rings. The Morgan fingerprint density at radius 3 is 2.71 bits per heavy atom. The second-order valence-corrected chi connectivity index (χ2v) is 8.37. The Morgan fingerprint density at radius 1 is 1.16 bits per heavy atom. The van der Waals surface area contributed by atoms with Gasteiger partial charge in [0.15, 0.2) is 0 Å². The monoisotopic (exact) mass is 512 g/mol. The van der Waals surface area contributed by atoms with Gasteiger partial charge in [-0.05, 0) is 49.4 Å². The summed E-state index contributed by atoms with van der Waals surface area (Å²) in [5, 5.41) is 12.4. The van der Waals surface area contributed by atoms with Crippen LogP contribution in [0.25, 0.3) is 11.0 Å². The number of nitriles is 1. The van der Waals surface area contributed by atoms with E-state index in [2.05, 4.69) is 16.4 Å². The molecule has 0 saturated carbocycles. The van der Waals surface area contributed by atoms with Crippen LogP contribution in [0, 0.1) is 11.3 Å². The van der Waals surface area contributed by atoms with Gasteiger partial charge in [-0.2, -0.15) is 5.26 Å². The van der Waals surface area contributed by atoms with Crippen molar-refractivity contribution < 1.29 is 19.1 Å². The number of aryl methyl sites for hydroxylation is 1. The molecule has 0 saturated heterocycles. The summed E-state index contributed by atoms with van der Waals surface area (Å²) in [5.41, 5.74) is 3.20. The van der Waals surface area contributed by atoms with E-state index in [-0.39, 0.29) is 31.4 Å². The number of nitrogens with zero attached hydrogens (tertiary/aromatic N) is 5. The Labute approximate surface area is 220 Å². The van der Waals surface area contributed by atoms with Crippen LogP contribution in [-0.4, -0.2) is 46.7 Å². The molecular weight excluding hydrogens is 484 g/mol. The molecule has 2 aromatic heterocycles. The van der Waals surface area contributed by atoms with Crippen LogP contribution in [-0.2, 0) is 23.1 Å². The van der Waals surface area contributed by atoms with Gasteiger partial charge >= 0.3 is 5.97 Å². The van der Waals surface area contributed by atoms with Gasteiger partial charge in [-0.15, -0.1) is 0 Å². The highest BCUT2D eigenvalue weighted by molar-refractivity contribution is 6.07. The number of nitrogens with one attached hydrogen (secondary N) is 1. The number of anilines is 2. The Morgan fingerprint density at radius 2 is 2.00 bits per heavy atom. The van der Waals surface area contributed by atoms with E-state index in [9.17, 15) is 9.59 Å². The van der Waals surface area contributed by atoms with Crippen LogP contribution in [0.4, 0.5) is 11.5 Å². The van der Waals surface area contributed by atoms with E-state index < -0.39 is 0 Å². The molecule has 4 aromatic rings. The fraction of sp³-hybridized carbons (Fsp3) is 0.250. The first kappa shape index (κ1) is 26.2. The van der Waals surface area contributed by atoms with E-state index in [0.717, 1.165) is 17.0 Å². The normalized spacial score (nSPS) is 10.6. The molecule has 0 bridgehead atoms. The van der Waals surface area contributed by atoms with Gasteiger partial charge in [0, 0.05) is 31.4 Å². The molecule has 2 aromatic carbocycles. The summed E-state index contributed by atoms with van der Waals surface area (Å²) >= 11 is 0. The number of ether oxygens (including phenoxy) is 2. The number of amides is 1. The summed E-state index contributed by atoms with van der Waals surface area (Å²) in [6.07, 6.45) is 1.65. The van der Waals surface area contributed by atoms with Crippen LogP contribution < -0.4 is 15.0 Å². The smallest absolute Gasteiger partial charge is 0.307 e. The number of carbonyl (C=O) groups is 2. The molecular formula is C28H28N6O4. The number of methoxy groups -OCH3 is 1. The Balaban J connectivity index is 1.57. The van der Waals surface area contributed by atoms with E-state index in [1.165, 1.54) is 4.90 Å². The lowest BCUT2D eigenvalue weighted by Gasteiger charge is -2.21. The SMILES string of the molecule is CCOC(=O)CCN(C(=O)c1ccc2c(c1)nc(CNc1ccc(C#N)cc1OC)n2C)c1ccccn1. The quantitative estimate of drug-likeness (QED) is 0.316. The molecule has 0 aliphatic heterocycles. The Hall–Kier alpha value is -4.91. The highest BCUT2D eigenvalue weighted by Gasteiger charge is 2.21. The highest BCUT2D eigenvalue weighted by Crippen LogP contribution is 2.26. The first-order valence-corrected chi connectivity index (χ1v) is 12.1. The highest BCUT2D eigenvalue weighted by atomic mass is 16.5. The minimum Gasteiger partial charge on any atom is -0.495 e. The number of fused-ring (bicyclic) bond motifs is 1. The number of hydrogen-bond donors (Lipinski definition) is 1. The summed E-state index contributed by atoms with van der Waals surface area (Å²) in [6.45, 7) is 2.56. The summed E-state index contributed by atoms with van der Waals surface area (Å²) in [5.74, 6) is 1.09. The van der Waals surface area contributed by atoms with Crippen molar-refractivity contribution in [3.05, 3.63) is 77.7 Å². The van der Waals surface area contributed by atoms with Crippen molar-refractivity contribution >= 4 is 34.4 Å². The lowest BCUT2D eigenvalue weighted by atomic mass is 10.1. The van der Waals surface area contributed by atoms with Gasteiger partial charge in [-0.1, -0.05) is 6.07 Å². The van der Waals surface area contributed by atoms with Crippen LogP contribution in [0.2, 0.25) is 0 Å². The van der Waals surface area contributed by atoms with Gasteiger partial charge in [0.1, 0.15) is 17.4 Å². The van der Waals surface area contributed by atoms with Crippen molar-refractivity contribution in [2.24, 2.45) is 7.05 Å². The van der Waals surface area contributed by atoms with Crippen molar-refractivity contribution in [3.63, 3.8) is 0 Å². The Bertz CT molecular complexity index is 1490. The van der Waals surface area contributed by atoms with Gasteiger partial charge in [-0.3, -0.25) is 14.5 Å². The molecule has 0 fully saturated rings. The van der Waals surface area contributed by atoms with Crippen molar-refractivity contribution in [2.45, 2.75) is 19.9 Å². The van der Waals surface area contributed by atoms with Gasteiger partial charge in [-0.25, -0.2) is 9.97 Å². The van der Waals surface area contributed by atoms with Crippen LogP contribution in [0.15, 0.2) is 60.8 Å². The fourth-order valence-corrected chi connectivity index (χ4v) is 4.05. The maximum atomic E-state index is 13.5. The first-order valence-electron chi connectivity index (χ1n) is 12.1. The number of imidazole rings is 1. The first-order chi connectivity index (χ1) is 18.4.